The number of rotatable bonds is 8. The van der Waals surface area contributed by atoms with Crippen molar-refractivity contribution in [2.24, 2.45) is 0 Å². The summed E-state index contributed by atoms with van der Waals surface area (Å²) in [6, 6.07) is 12.6. The number of nitrogens with one attached hydrogen (secondary N) is 1. The number of methoxy groups -OCH3 is 2. The van der Waals surface area contributed by atoms with Crippen molar-refractivity contribution in [1.82, 2.24) is 9.55 Å². The molecule has 0 aliphatic rings. The summed E-state index contributed by atoms with van der Waals surface area (Å²) in [5, 5.41) is 4.09. The first-order chi connectivity index (χ1) is 15.5. The van der Waals surface area contributed by atoms with E-state index in [1.807, 2.05) is 31.2 Å². The molecule has 8 nitrogen and oxygen atoms in total. The molecule has 2 heterocycles. The Labute approximate surface area is 188 Å². The number of hydrogen-bond acceptors (Lipinski definition) is 7. The lowest BCUT2D eigenvalue weighted by Crippen LogP contribution is -2.23. The van der Waals surface area contributed by atoms with E-state index in [0.717, 1.165) is 11.8 Å². The number of thioether (sulfide) groups is 1. The molecule has 0 unspecified atom stereocenters. The van der Waals surface area contributed by atoms with E-state index in [4.69, 9.17) is 18.9 Å². The van der Waals surface area contributed by atoms with Crippen LogP contribution in [0.25, 0.3) is 22.1 Å². The molecule has 2 aromatic heterocycles. The number of ether oxygens (including phenoxy) is 2. The minimum absolute atomic E-state index is 0.0673. The van der Waals surface area contributed by atoms with E-state index >= 15 is 0 Å². The number of furan rings is 1. The molecular weight excluding hydrogens is 430 g/mol. The highest BCUT2D eigenvalue weighted by Gasteiger charge is 2.18. The molecule has 0 spiro atoms. The Morgan fingerprint density at radius 3 is 2.75 bits per heavy atom. The SMILES string of the molecule is CCCn1c(SCC(=O)Nc2cc(OC)ccc2OC)nc2c(oc3ccccc32)c1=O. The molecule has 0 radical (unpaired) electrons. The zero-order valence-corrected chi connectivity index (χ0v) is 18.8. The number of hydrogen-bond donors (Lipinski definition) is 1. The number of anilines is 1. The lowest BCUT2D eigenvalue weighted by atomic mass is 10.2. The molecule has 4 aromatic rings. The fraction of sp³-hybridized carbons (Fsp3) is 0.261. The van der Waals surface area contributed by atoms with Crippen LogP contribution in [0.2, 0.25) is 0 Å². The number of nitrogens with zero attached hydrogens (tertiary/aromatic N) is 2. The summed E-state index contributed by atoms with van der Waals surface area (Å²) in [6.07, 6.45) is 0.744. The summed E-state index contributed by atoms with van der Waals surface area (Å²) in [5.41, 5.74) is 1.61. The maximum Gasteiger partial charge on any atom is 0.297 e. The number of aromatic nitrogens is 2. The summed E-state index contributed by atoms with van der Waals surface area (Å²) in [5.74, 6) is 0.939. The first-order valence-electron chi connectivity index (χ1n) is 10.1. The Morgan fingerprint density at radius 2 is 2.00 bits per heavy atom. The Balaban J connectivity index is 1.62. The van der Waals surface area contributed by atoms with Crippen LogP contribution in [-0.2, 0) is 11.3 Å². The monoisotopic (exact) mass is 453 g/mol. The Hall–Kier alpha value is -3.46. The standard InChI is InChI=1S/C23H23N3O5S/c1-4-11-26-22(28)21-20(15-7-5-6-8-17(15)31-21)25-23(26)32-13-19(27)24-16-12-14(29-2)9-10-18(16)30-3/h5-10,12H,4,11,13H2,1-3H3,(H,24,27). The Morgan fingerprint density at radius 1 is 1.19 bits per heavy atom. The van der Waals surface area contributed by atoms with Crippen molar-refractivity contribution < 1.29 is 18.7 Å². The third kappa shape index (κ3) is 4.16. The highest BCUT2D eigenvalue weighted by molar-refractivity contribution is 7.99. The van der Waals surface area contributed by atoms with Crippen molar-refractivity contribution in [1.29, 1.82) is 0 Å². The van der Waals surface area contributed by atoms with Crippen LogP contribution in [0.4, 0.5) is 5.69 Å². The predicted octanol–water partition coefficient (Wildman–Crippen LogP) is 4.30. The van der Waals surface area contributed by atoms with E-state index < -0.39 is 0 Å². The van der Waals surface area contributed by atoms with Crippen LogP contribution in [-0.4, -0.2) is 35.4 Å². The number of fused-ring (bicyclic) bond motifs is 3. The van der Waals surface area contributed by atoms with Crippen molar-refractivity contribution in [3.8, 4) is 11.5 Å². The van der Waals surface area contributed by atoms with Crippen LogP contribution in [0.5, 0.6) is 11.5 Å². The fourth-order valence-corrected chi connectivity index (χ4v) is 4.23. The minimum Gasteiger partial charge on any atom is -0.497 e. The van der Waals surface area contributed by atoms with Crippen LogP contribution < -0.4 is 20.3 Å². The second kappa shape index (κ2) is 9.35. The van der Waals surface area contributed by atoms with Gasteiger partial charge in [-0.25, -0.2) is 4.98 Å². The third-order valence-corrected chi connectivity index (χ3v) is 5.88. The summed E-state index contributed by atoms with van der Waals surface area (Å²) in [6.45, 7) is 2.46. The molecule has 0 saturated carbocycles. The fourth-order valence-electron chi connectivity index (χ4n) is 3.41. The molecule has 9 heteroatoms. The van der Waals surface area contributed by atoms with Gasteiger partial charge in [-0.05, 0) is 30.7 Å². The number of amides is 1. The second-order valence-corrected chi connectivity index (χ2v) is 7.97. The molecule has 1 N–H and O–H groups in total. The molecule has 0 bridgehead atoms. The van der Waals surface area contributed by atoms with E-state index in [1.165, 1.54) is 18.9 Å². The second-order valence-electron chi connectivity index (χ2n) is 7.03. The normalized spacial score (nSPS) is 11.1. The zero-order valence-electron chi connectivity index (χ0n) is 18.0. The summed E-state index contributed by atoms with van der Waals surface area (Å²) in [7, 11) is 3.08. The molecule has 1 amide bonds. The van der Waals surface area contributed by atoms with Gasteiger partial charge in [-0.15, -0.1) is 0 Å². The third-order valence-electron chi connectivity index (χ3n) is 4.91. The van der Waals surface area contributed by atoms with Gasteiger partial charge in [0.15, 0.2) is 5.16 Å². The number of para-hydroxylation sites is 1. The molecule has 166 valence electrons. The van der Waals surface area contributed by atoms with Crippen molar-refractivity contribution in [3.05, 3.63) is 52.8 Å². The van der Waals surface area contributed by atoms with Gasteiger partial charge in [-0.2, -0.15) is 0 Å². The molecule has 4 rings (SSSR count). The smallest absolute Gasteiger partial charge is 0.297 e. The van der Waals surface area contributed by atoms with E-state index in [-0.39, 0.29) is 22.8 Å². The zero-order chi connectivity index (χ0) is 22.7. The molecular formula is C23H23N3O5S. The molecule has 2 aromatic carbocycles. The predicted molar refractivity (Wildman–Crippen MR) is 125 cm³/mol. The van der Waals surface area contributed by atoms with Gasteiger partial charge in [0.2, 0.25) is 11.5 Å². The van der Waals surface area contributed by atoms with E-state index in [9.17, 15) is 9.59 Å². The maximum atomic E-state index is 13.1. The molecule has 0 atom stereocenters. The average molecular weight is 454 g/mol. The largest absolute Gasteiger partial charge is 0.497 e. The summed E-state index contributed by atoms with van der Waals surface area (Å²) in [4.78, 5) is 30.4. The van der Waals surface area contributed by atoms with Crippen LogP contribution in [0.1, 0.15) is 13.3 Å². The van der Waals surface area contributed by atoms with Gasteiger partial charge in [0.1, 0.15) is 22.6 Å². The van der Waals surface area contributed by atoms with Crippen LogP contribution >= 0.6 is 11.8 Å². The number of carbonyl (C=O) groups is 1. The van der Waals surface area contributed by atoms with E-state index in [1.54, 1.807) is 29.9 Å². The maximum absolute atomic E-state index is 13.1. The van der Waals surface area contributed by atoms with Crippen molar-refractivity contribution in [3.63, 3.8) is 0 Å². The van der Waals surface area contributed by atoms with Gasteiger partial charge in [-0.3, -0.25) is 14.2 Å². The highest BCUT2D eigenvalue weighted by atomic mass is 32.2. The first-order valence-corrected chi connectivity index (χ1v) is 11.1. The summed E-state index contributed by atoms with van der Waals surface area (Å²) >= 11 is 1.20. The van der Waals surface area contributed by atoms with Gasteiger partial charge in [0.05, 0.1) is 25.7 Å². The van der Waals surface area contributed by atoms with E-state index in [2.05, 4.69) is 5.32 Å². The first kappa shape index (κ1) is 21.8. The number of benzene rings is 2. The van der Waals surface area contributed by atoms with Crippen LogP contribution in [0.3, 0.4) is 0 Å². The molecule has 0 aliphatic carbocycles. The van der Waals surface area contributed by atoms with Crippen molar-refractivity contribution >= 4 is 45.4 Å². The quantitative estimate of drug-likeness (QED) is 0.314. The van der Waals surface area contributed by atoms with Crippen LogP contribution in [0.15, 0.2) is 56.8 Å². The lowest BCUT2D eigenvalue weighted by molar-refractivity contribution is -0.113. The topological polar surface area (TPSA) is 95.6 Å². The van der Waals surface area contributed by atoms with Gasteiger partial charge in [0, 0.05) is 18.0 Å². The molecule has 0 fully saturated rings. The average Bonchev–Trinajstić information content (AvgIpc) is 3.18. The van der Waals surface area contributed by atoms with Crippen LogP contribution in [0, 0.1) is 0 Å². The molecule has 0 saturated heterocycles. The molecule has 32 heavy (non-hydrogen) atoms. The van der Waals surface area contributed by atoms with Gasteiger partial charge >= 0.3 is 0 Å². The highest BCUT2D eigenvalue weighted by Crippen LogP contribution is 2.30. The van der Waals surface area contributed by atoms with Crippen molar-refractivity contribution in [2.45, 2.75) is 25.0 Å². The number of carbonyl (C=O) groups excluding carboxylic acids is 1. The lowest BCUT2D eigenvalue weighted by Gasteiger charge is -2.13. The Kier molecular flexibility index (Phi) is 6.36. The van der Waals surface area contributed by atoms with Gasteiger partial charge in [-0.1, -0.05) is 30.8 Å². The molecule has 0 aliphatic heterocycles. The van der Waals surface area contributed by atoms with E-state index in [0.29, 0.717) is 40.0 Å². The van der Waals surface area contributed by atoms with Gasteiger partial charge in [0.25, 0.3) is 5.56 Å². The Bertz CT molecular complexity index is 1340. The van der Waals surface area contributed by atoms with Gasteiger partial charge < -0.3 is 19.2 Å². The van der Waals surface area contributed by atoms with Crippen molar-refractivity contribution in [2.75, 3.05) is 25.3 Å². The summed E-state index contributed by atoms with van der Waals surface area (Å²) < 4.78 is 17.9. The minimum atomic E-state index is -0.254.